The van der Waals surface area contributed by atoms with Crippen molar-refractivity contribution in [2.45, 2.75) is 6.42 Å². The zero-order valence-electron chi connectivity index (χ0n) is 19.2. The summed E-state index contributed by atoms with van der Waals surface area (Å²) in [5, 5.41) is 0. The second kappa shape index (κ2) is 12.2. The minimum absolute atomic E-state index is 0.0969. The van der Waals surface area contributed by atoms with Gasteiger partial charge in [0.1, 0.15) is 18.1 Å². The van der Waals surface area contributed by atoms with E-state index in [0.717, 1.165) is 40.1 Å². The van der Waals surface area contributed by atoms with E-state index in [9.17, 15) is 4.57 Å². The molecule has 0 fully saturated rings. The molecule has 0 saturated carbocycles. The molecule has 0 spiro atoms. The fraction of sp³-hybridized carbons (Fsp3) is 0.231. The Labute approximate surface area is 205 Å². The van der Waals surface area contributed by atoms with E-state index in [1.165, 1.54) is 0 Å². The summed E-state index contributed by atoms with van der Waals surface area (Å²) in [5.41, 5.74) is 4.96. The Morgan fingerprint density at radius 2 is 1.41 bits per heavy atom. The second-order valence-corrected chi connectivity index (χ2v) is 9.48. The van der Waals surface area contributed by atoms with Gasteiger partial charge in [0.05, 0.1) is 0 Å². The number of hydrogen-bond donors (Lipinski definition) is 2. The second-order valence-electron chi connectivity index (χ2n) is 7.94. The molecule has 0 unspecified atom stereocenters. The van der Waals surface area contributed by atoms with Crippen LogP contribution in [0.2, 0.25) is 0 Å². The molecule has 0 bridgehead atoms. The maximum atomic E-state index is 11.2. The number of hydrogen-bond acceptors (Lipinski definition) is 4. The summed E-state index contributed by atoms with van der Waals surface area (Å²) in [6.07, 6.45) is 0.642. The lowest BCUT2D eigenvalue weighted by Gasteiger charge is -2.18. The maximum absolute atomic E-state index is 11.2. The van der Waals surface area contributed by atoms with Crippen LogP contribution in [0.1, 0.15) is 23.1 Å². The Morgan fingerprint density at radius 3 is 1.91 bits per heavy atom. The van der Waals surface area contributed by atoms with Gasteiger partial charge in [-0.05, 0) is 72.6 Å². The van der Waals surface area contributed by atoms with Crippen LogP contribution in [0.15, 0.2) is 78.9 Å². The molecule has 6 nitrogen and oxygen atoms in total. The molecule has 2 N–H and O–H groups in total. The number of phosphoric acid groups is 1. The Hall–Kier alpha value is -2.60. The third kappa shape index (κ3) is 7.73. The highest BCUT2D eigenvalue weighted by Gasteiger charge is 2.18. The molecule has 180 valence electrons. The van der Waals surface area contributed by atoms with Crippen molar-refractivity contribution in [2.24, 2.45) is 0 Å². The van der Waals surface area contributed by atoms with Crippen LogP contribution in [-0.4, -0.2) is 47.8 Å². The molecule has 0 heterocycles. The van der Waals surface area contributed by atoms with E-state index >= 15 is 0 Å². The number of benzene rings is 3. The molecule has 3 aromatic carbocycles. The van der Waals surface area contributed by atoms with Gasteiger partial charge in [0.15, 0.2) is 0 Å². The fourth-order valence-electron chi connectivity index (χ4n) is 3.55. The van der Waals surface area contributed by atoms with E-state index in [2.05, 4.69) is 4.90 Å². The number of halogens is 1. The van der Waals surface area contributed by atoms with E-state index in [4.69, 9.17) is 30.6 Å². The van der Waals surface area contributed by atoms with Crippen LogP contribution in [0.25, 0.3) is 11.1 Å². The Kier molecular flexibility index (Phi) is 9.34. The van der Waals surface area contributed by atoms with Gasteiger partial charge in [-0.25, -0.2) is 4.57 Å². The van der Waals surface area contributed by atoms with Crippen LogP contribution >= 0.6 is 19.4 Å². The summed E-state index contributed by atoms with van der Waals surface area (Å²) >= 11 is 6.21. The van der Waals surface area contributed by atoms with E-state index in [0.29, 0.717) is 18.9 Å². The predicted molar refractivity (Wildman–Crippen MR) is 137 cm³/mol. The number of allylic oxidation sites excluding steroid dienone is 1. The highest BCUT2D eigenvalue weighted by Crippen LogP contribution is 2.39. The van der Waals surface area contributed by atoms with Gasteiger partial charge < -0.3 is 14.2 Å². The van der Waals surface area contributed by atoms with Crippen LogP contribution in [0.5, 0.6) is 11.5 Å². The maximum Gasteiger partial charge on any atom is 0.524 e. The monoisotopic (exact) mass is 501 g/mol. The van der Waals surface area contributed by atoms with Gasteiger partial charge in [-0.1, -0.05) is 54.6 Å². The molecular formula is C26H29ClNO5P. The van der Waals surface area contributed by atoms with Crippen molar-refractivity contribution < 1.29 is 23.6 Å². The van der Waals surface area contributed by atoms with Crippen molar-refractivity contribution in [1.29, 1.82) is 0 Å². The summed E-state index contributed by atoms with van der Waals surface area (Å²) < 4.78 is 21.8. The van der Waals surface area contributed by atoms with Crippen molar-refractivity contribution >= 4 is 30.6 Å². The molecule has 0 amide bonds. The van der Waals surface area contributed by atoms with Crippen molar-refractivity contribution in [3.05, 3.63) is 95.6 Å². The first-order valence-electron chi connectivity index (χ1n) is 10.8. The largest absolute Gasteiger partial charge is 0.524 e. The van der Waals surface area contributed by atoms with Gasteiger partial charge >= 0.3 is 7.82 Å². The summed E-state index contributed by atoms with van der Waals surface area (Å²) in [5.74, 6) is 1.33. The number of ether oxygens (including phenoxy) is 1. The first kappa shape index (κ1) is 26.0. The zero-order chi connectivity index (χ0) is 24.6. The van der Waals surface area contributed by atoms with Gasteiger partial charge in [-0.15, -0.1) is 11.6 Å². The molecule has 0 radical (unpaired) electrons. The molecule has 0 atom stereocenters. The third-order valence-corrected chi connectivity index (χ3v) is 5.72. The molecule has 0 aliphatic carbocycles. The molecule has 0 saturated heterocycles. The lowest BCUT2D eigenvalue weighted by atomic mass is 9.88. The van der Waals surface area contributed by atoms with E-state index < -0.39 is 7.82 Å². The van der Waals surface area contributed by atoms with Crippen LogP contribution in [0.3, 0.4) is 0 Å². The SMILES string of the molecule is CN(C)CCOc1ccc(/C(=C(/CCCl)c2ccccc2)c2ccc(OP(=O)(O)O)cc2)cc1. The van der Waals surface area contributed by atoms with Gasteiger partial charge in [-0.3, -0.25) is 9.79 Å². The van der Waals surface area contributed by atoms with Gasteiger partial charge in [0, 0.05) is 12.4 Å². The number of nitrogens with zero attached hydrogens (tertiary/aromatic N) is 1. The molecule has 34 heavy (non-hydrogen) atoms. The quantitative estimate of drug-likeness (QED) is 0.200. The van der Waals surface area contributed by atoms with Gasteiger partial charge in [0.25, 0.3) is 0 Å². The predicted octanol–water partition coefficient (Wildman–Crippen LogP) is 5.69. The van der Waals surface area contributed by atoms with Crippen molar-refractivity contribution in [3.63, 3.8) is 0 Å². The lowest BCUT2D eigenvalue weighted by Crippen LogP contribution is -2.19. The number of likely N-dealkylation sites (N-methyl/N-ethyl adjacent to an activating group) is 1. The standard InChI is InChI=1S/C26H29ClNO5P/c1-28(2)18-19-32-23-12-8-21(9-13-23)26(25(16-17-27)20-6-4-3-5-7-20)22-10-14-24(15-11-22)33-34(29,30)31/h3-15H,16-19H2,1-2H3,(H2,29,30,31)/b26-25+. The Balaban J connectivity index is 2.05. The Bertz CT molecular complexity index is 1130. The van der Waals surface area contributed by atoms with Crippen LogP contribution in [0.4, 0.5) is 0 Å². The Morgan fingerprint density at radius 1 is 0.853 bits per heavy atom. The molecule has 8 heteroatoms. The smallest absolute Gasteiger partial charge is 0.492 e. The average molecular weight is 502 g/mol. The van der Waals surface area contributed by atoms with Gasteiger partial charge in [0.2, 0.25) is 0 Å². The van der Waals surface area contributed by atoms with E-state index in [1.54, 1.807) is 24.3 Å². The van der Waals surface area contributed by atoms with Crippen molar-refractivity contribution in [2.75, 3.05) is 33.1 Å². The molecular weight excluding hydrogens is 473 g/mol. The zero-order valence-corrected chi connectivity index (χ0v) is 20.9. The molecule has 0 aliphatic rings. The third-order valence-electron chi connectivity index (χ3n) is 5.09. The number of alkyl halides is 1. The molecule has 0 aliphatic heterocycles. The average Bonchev–Trinajstić information content (AvgIpc) is 2.80. The van der Waals surface area contributed by atoms with E-state index in [-0.39, 0.29) is 5.75 Å². The first-order valence-corrected chi connectivity index (χ1v) is 12.9. The molecule has 0 aromatic heterocycles. The summed E-state index contributed by atoms with van der Waals surface area (Å²) in [6, 6.07) is 24.6. The highest BCUT2D eigenvalue weighted by molar-refractivity contribution is 7.46. The number of phosphoric ester groups is 1. The minimum atomic E-state index is -4.63. The van der Waals surface area contributed by atoms with Crippen LogP contribution in [0, 0.1) is 0 Å². The van der Waals surface area contributed by atoms with Crippen molar-refractivity contribution in [1.82, 2.24) is 4.90 Å². The van der Waals surface area contributed by atoms with Crippen LogP contribution in [-0.2, 0) is 4.57 Å². The van der Waals surface area contributed by atoms with Crippen molar-refractivity contribution in [3.8, 4) is 11.5 Å². The van der Waals surface area contributed by atoms with E-state index in [1.807, 2.05) is 68.7 Å². The van der Waals surface area contributed by atoms with Crippen LogP contribution < -0.4 is 9.26 Å². The summed E-state index contributed by atoms with van der Waals surface area (Å²) in [6.45, 7) is 1.42. The first-order chi connectivity index (χ1) is 16.3. The van der Waals surface area contributed by atoms with Gasteiger partial charge in [-0.2, -0.15) is 0 Å². The highest BCUT2D eigenvalue weighted by atomic mass is 35.5. The lowest BCUT2D eigenvalue weighted by molar-refractivity contribution is 0.261. The number of rotatable bonds is 11. The molecule has 3 aromatic rings. The summed E-state index contributed by atoms with van der Waals surface area (Å²) in [7, 11) is -0.626. The fourth-order valence-corrected chi connectivity index (χ4v) is 4.13. The molecule has 3 rings (SSSR count). The normalized spacial score (nSPS) is 12.4. The summed E-state index contributed by atoms with van der Waals surface area (Å²) in [4.78, 5) is 20.3. The minimum Gasteiger partial charge on any atom is -0.492 e. The topological polar surface area (TPSA) is 79.2 Å².